The maximum Gasteiger partial charge on any atom is 0.573 e. The minimum absolute atomic E-state index is 0.209. The third-order valence-corrected chi connectivity index (χ3v) is 1.71. The summed E-state index contributed by atoms with van der Waals surface area (Å²) in [5.41, 5.74) is 0.702. The van der Waals surface area contributed by atoms with Gasteiger partial charge in [0, 0.05) is 4.47 Å². The van der Waals surface area contributed by atoms with Gasteiger partial charge in [0.1, 0.15) is 5.75 Å². The Kier molecular flexibility index (Phi) is 5.72. The molecule has 1 nitrogen and oxygen atoms in total. The van der Waals surface area contributed by atoms with Gasteiger partial charge in [0.25, 0.3) is 0 Å². The van der Waals surface area contributed by atoms with E-state index in [1.54, 1.807) is 13.0 Å². The van der Waals surface area contributed by atoms with E-state index in [1.165, 1.54) is 12.1 Å². The number of rotatable bonds is 1. The summed E-state index contributed by atoms with van der Waals surface area (Å²) in [6, 6.07) is 4.28. The molecular weight excluding hydrogens is 273 g/mol. The highest BCUT2D eigenvalue weighted by Crippen LogP contribution is 2.26. The zero-order chi connectivity index (χ0) is 12.1. The highest BCUT2D eigenvalue weighted by Gasteiger charge is 2.31. The zero-order valence-electron chi connectivity index (χ0n) is 8.65. The Morgan fingerprint density at radius 2 is 1.67 bits per heavy atom. The molecule has 0 radical (unpaired) electrons. The molecule has 0 saturated carbocycles. The molecule has 0 aliphatic carbocycles. The van der Waals surface area contributed by atoms with Gasteiger partial charge in [-0.3, -0.25) is 0 Å². The van der Waals surface area contributed by atoms with Crippen LogP contribution in [0.2, 0.25) is 0 Å². The second kappa shape index (κ2) is 6.00. The summed E-state index contributed by atoms with van der Waals surface area (Å²) >= 11 is 3.07. The Labute approximate surface area is 95.4 Å². The largest absolute Gasteiger partial charge is 0.573 e. The topological polar surface area (TPSA) is 9.23 Å². The van der Waals surface area contributed by atoms with Crippen LogP contribution >= 0.6 is 15.9 Å². The summed E-state index contributed by atoms with van der Waals surface area (Å²) in [6.07, 6.45) is -4.63. The van der Waals surface area contributed by atoms with Crippen molar-refractivity contribution in [1.82, 2.24) is 0 Å². The van der Waals surface area contributed by atoms with Crippen molar-refractivity contribution in [3.63, 3.8) is 0 Å². The van der Waals surface area contributed by atoms with Gasteiger partial charge in [-0.1, -0.05) is 29.8 Å². The van der Waals surface area contributed by atoms with Crippen LogP contribution in [0, 0.1) is 6.92 Å². The third-order valence-electron chi connectivity index (χ3n) is 1.25. The van der Waals surface area contributed by atoms with Crippen LogP contribution in [0.4, 0.5) is 13.2 Å². The number of ether oxygens (including phenoxy) is 1. The first-order valence-electron chi connectivity index (χ1n) is 4.40. The maximum atomic E-state index is 11.8. The standard InChI is InChI=1S/C8H6BrF3O.C2H6/c1-5-2-6(9)4-7(3-5)13-8(10,11)12;1-2/h2-4H,1H3;1-2H3. The molecule has 0 N–H and O–H groups in total. The number of benzene rings is 1. The van der Waals surface area contributed by atoms with Crippen LogP contribution in [-0.2, 0) is 0 Å². The normalized spacial score (nSPS) is 10.3. The first-order chi connectivity index (χ1) is 6.87. The Hall–Kier alpha value is -0.710. The van der Waals surface area contributed by atoms with E-state index in [-0.39, 0.29) is 5.75 Å². The van der Waals surface area contributed by atoms with Gasteiger partial charge < -0.3 is 4.74 Å². The average Bonchev–Trinajstić information content (AvgIpc) is 2.02. The lowest BCUT2D eigenvalue weighted by molar-refractivity contribution is -0.274. The zero-order valence-corrected chi connectivity index (χ0v) is 10.2. The van der Waals surface area contributed by atoms with Crippen molar-refractivity contribution < 1.29 is 17.9 Å². The van der Waals surface area contributed by atoms with Crippen molar-refractivity contribution in [3.8, 4) is 5.75 Å². The lowest BCUT2D eigenvalue weighted by Crippen LogP contribution is -2.17. The summed E-state index contributed by atoms with van der Waals surface area (Å²) in [6.45, 7) is 5.69. The molecule has 1 rings (SSSR count). The molecule has 0 aliphatic heterocycles. The summed E-state index contributed by atoms with van der Waals surface area (Å²) in [4.78, 5) is 0. The first kappa shape index (κ1) is 14.3. The van der Waals surface area contributed by atoms with Gasteiger partial charge in [-0.05, 0) is 30.7 Å². The fraction of sp³-hybridized carbons (Fsp3) is 0.400. The third kappa shape index (κ3) is 6.38. The number of alkyl halides is 3. The van der Waals surface area contributed by atoms with Gasteiger partial charge in [-0.25, -0.2) is 0 Å². The highest BCUT2D eigenvalue weighted by molar-refractivity contribution is 9.10. The van der Waals surface area contributed by atoms with Gasteiger partial charge in [0.15, 0.2) is 0 Å². The minimum atomic E-state index is -4.63. The molecule has 0 aliphatic rings. The number of hydrogen-bond donors (Lipinski definition) is 0. The fourth-order valence-corrected chi connectivity index (χ4v) is 1.48. The van der Waals surface area contributed by atoms with Gasteiger partial charge >= 0.3 is 6.36 Å². The van der Waals surface area contributed by atoms with E-state index in [4.69, 9.17) is 0 Å². The number of hydrogen-bond acceptors (Lipinski definition) is 1. The van der Waals surface area contributed by atoms with Gasteiger partial charge in [0.05, 0.1) is 0 Å². The van der Waals surface area contributed by atoms with E-state index in [9.17, 15) is 13.2 Å². The molecule has 0 bridgehead atoms. The molecule has 0 atom stereocenters. The Morgan fingerprint density at radius 3 is 2.07 bits per heavy atom. The molecule has 0 amide bonds. The van der Waals surface area contributed by atoms with Crippen molar-refractivity contribution in [3.05, 3.63) is 28.2 Å². The molecule has 5 heteroatoms. The van der Waals surface area contributed by atoms with E-state index < -0.39 is 6.36 Å². The lowest BCUT2D eigenvalue weighted by atomic mass is 10.2. The lowest BCUT2D eigenvalue weighted by Gasteiger charge is -2.09. The summed E-state index contributed by atoms with van der Waals surface area (Å²) in [7, 11) is 0. The Balaban J connectivity index is 0.000000921. The smallest absolute Gasteiger partial charge is 0.406 e. The predicted molar refractivity (Wildman–Crippen MR) is 56.9 cm³/mol. The van der Waals surface area contributed by atoms with Crippen molar-refractivity contribution in [2.24, 2.45) is 0 Å². The Bertz CT molecular complexity index is 290. The van der Waals surface area contributed by atoms with Gasteiger partial charge in [-0.2, -0.15) is 0 Å². The molecule has 15 heavy (non-hydrogen) atoms. The van der Waals surface area contributed by atoms with Crippen LogP contribution in [0.1, 0.15) is 19.4 Å². The maximum absolute atomic E-state index is 11.8. The first-order valence-corrected chi connectivity index (χ1v) is 5.19. The molecule has 1 aromatic rings. The fourth-order valence-electron chi connectivity index (χ4n) is 0.895. The molecule has 0 fully saturated rings. The van der Waals surface area contributed by atoms with Crippen molar-refractivity contribution in [2.75, 3.05) is 0 Å². The minimum Gasteiger partial charge on any atom is -0.406 e. The molecule has 86 valence electrons. The van der Waals surface area contributed by atoms with Crippen LogP contribution in [0.5, 0.6) is 5.75 Å². The van der Waals surface area contributed by atoms with Gasteiger partial charge in [-0.15, -0.1) is 13.2 Å². The Morgan fingerprint density at radius 1 is 1.13 bits per heavy atom. The van der Waals surface area contributed by atoms with Crippen molar-refractivity contribution in [2.45, 2.75) is 27.1 Å². The van der Waals surface area contributed by atoms with Crippen LogP contribution in [0.15, 0.2) is 22.7 Å². The van der Waals surface area contributed by atoms with E-state index >= 15 is 0 Å². The van der Waals surface area contributed by atoms with E-state index in [0.717, 1.165) is 0 Å². The number of aryl methyl sites for hydroxylation is 1. The summed E-state index contributed by atoms with van der Waals surface area (Å²) in [5.74, 6) is -0.209. The quantitative estimate of drug-likeness (QED) is 0.727. The summed E-state index contributed by atoms with van der Waals surface area (Å²) in [5, 5.41) is 0. The van der Waals surface area contributed by atoms with Crippen LogP contribution in [-0.4, -0.2) is 6.36 Å². The monoisotopic (exact) mass is 284 g/mol. The highest BCUT2D eigenvalue weighted by atomic mass is 79.9. The molecule has 1 aromatic carbocycles. The molecule has 0 unspecified atom stereocenters. The van der Waals surface area contributed by atoms with E-state index in [0.29, 0.717) is 10.0 Å². The van der Waals surface area contributed by atoms with Crippen LogP contribution in [0.25, 0.3) is 0 Å². The number of halogens is 4. The molecular formula is C10H12BrF3O. The van der Waals surface area contributed by atoms with Crippen LogP contribution < -0.4 is 4.74 Å². The van der Waals surface area contributed by atoms with E-state index in [1.807, 2.05) is 13.8 Å². The van der Waals surface area contributed by atoms with Crippen molar-refractivity contribution >= 4 is 15.9 Å². The SMILES string of the molecule is CC.Cc1cc(Br)cc(OC(F)(F)F)c1. The predicted octanol–water partition coefficient (Wildman–Crippen LogP) is 4.68. The van der Waals surface area contributed by atoms with Gasteiger partial charge in [0.2, 0.25) is 0 Å². The van der Waals surface area contributed by atoms with E-state index in [2.05, 4.69) is 20.7 Å². The van der Waals surface area contributed by atoms with Crippen molar-refractivity contribution in [1.29, 1.82) is 0 Å². The molecule has 0 saturated heterocycles. The molecule has 0 spiro atoms. The second-order valence-corrected chi connectivity index (χ2v) is 3.43. The summed E-state index contributed by atoms with van der Waals surface area (Å²) < 4.78 is 39.6. The molecule has 0 heterocycles. The second-order valence-electron chi connectivity index (χ2n) is 2.51. The molecule has 0 aromatic heterocycles. The average molecular weight is 285 g/mol. The van der Waals surface area contributed by atoms with Crippen LogP contribution in [0.3, 0.4) is 0 Å².